The first-order valence-electron chi connectivity index (χ1n) is 4.83. The highest BCUT2D eigenvalue weighted by Crippen LogP contribution is 2.14. The number of hydrogen-bond acceptors (Lipinski definition) is 6. The van der Waals surface area contributed by atoms with Crippen molar-refractivity contribution in [1.82, 2.24) is 4.98 Å². The third kappa shape index (κ3) is 2.42. The molecule has 1 aromatic rings. The molecule has 7 heteroatoms. The third-order valence-corrected chi connectivity index (χ3v) is 2.17. The average molecular weight is 221 g/mol. The Morgan fingerprint density at radius 1 is 1.31 bits per heavy atom. The van der Waals surface area contributed by atoms with Gasteiger partial charge in [-0.25, -0.2) is 4.98 Å². The molecule has 16 heavy (non-hydrogen) atoms. The second kappa shape index (κ2) is 5.34. The minimum absolute atomic E-state index is 0.218. The van der Waals surface area contributed by atoms with Gasteiger partial charge in [0.1, 0.15) is 0 Å². The molecule has 1 heterocycles. The van der Waals surface area contributed by atoms with Gasteiger partial charge in [-0.05, 0) is 12.0 Å². The van der Waals surface area contributed by atoms with E-state index in [4.69, 9.17) is 4.74 Å². The van der Waals surface area contributed by atoms with Crippen molar-refractivity contribution in [3.8, 4) is 5.88 Å². The van der Waals surface area contributed by atoms with Gasteiger partial charge in [0, 0.05) is 11.2 Å². The quantitative estimate of drug-likeness (QED) is 0.556. The molecule has 0 aliphatic heterocycles. The fourth-order valence-corrected chi connectivity index (χ4v) is 1.28. The summed E-state index contributed by atoms with van der Waals surface area (Å²) in [6.45, 7) is 2.66. The van der Waals surface area contributed by atoms with E-state index in [0.29, 0.717) is 0 Å². The summed E-state index contributed by atoms with van der Waals surface area (Å²) in [5.41, 5.74) is 1.10. The van der Waals surface area contributed by atoms with E-state index in [2.05, 4.69) is 15.2 Å². The minimum Gasteiger partial charge on any atom is -0.481 e. The summed E-state index contributed by atoms with van der Waals surface area (Å²) in [5.74, 6) is 0.449. The Morgan fingerprint density at radius 3 is 2.38 bits per heavy atom. The molecule has 0 aliphatic carbocycles. The molecule has 6 nitrogen and oxygen atoms in total. The molecule has 0 N–H and O–H groups in total. The minimum atomic E-state index is -1.30. The van der Waals surface area contributed by atoms with Crippen molar-refractivity contribution in [1.29, 1.82) is 0 Å². The van der Waals surface area contributed by atoms with E-state index >= 15 is 0 Å². The molecule has 0 saturated heterocycles. The van der Waals surface area contributed by atoms with Gasteiger partial charge >= 0.3 is 6.98 Å². The van der Waals surface area contributed by atoms with Gasteiger partial charge in [-0.15, -0.1) is 0 Å². The Labute approximate surface area is 93.5 Å². The fraction of sp³-hybridized carbons (Fsp3) is 0.444. The maximum atomic E-state index is 10.4. The number of hydrogen-bond donors (Lipinski definition) is 0. The van der Waals surface area contributed by atoms with Crippen molar-refractivity contribution in [2.24, 2.45) is 10.2 Å². The van der Waals surface area contributed by atoms with Gasteiger partial charge in [0.25, 0.3) is 0 Å². The molecule has 0 radical (unpaired) electrons. The van der Waals surface area contributed by atoms with Gasteiger partial charge in [0.05, 0.1) is 7.11 Å². The number of aromatic nitrogens is 1. The van der Waals surface area contributed by atoms with Crippen LogP contribution in [0.1, 0.15) is 25.5 Å². The number of methoxy groups -OCH3 is 1. The first kappa shape index (κ1) is 12.3. The lowest BCUT2D eigenvalue weighted by Crippen LogP contribution is -2.28. The van der Waals surface area contributed by atoms with Gasteiger partial charge in [0.15, 0.2) is 0 Å². The number of ether oxygens (including phenoxy) is 1. The molecule has 0 amide bonds. The number of rotatable bonds is 5. The highest BCUT2D eigenvalue weighted by Gasteiger charge is 2.26. The summed E-state index contributed by atoms with van der Waals surface area (Å²) in [5, 5.41) is 5.22. The normalized spacial score (nSPS) is 10.0. The van der Waals surface area contributed by atoms with E-state index in [1.165, 1.54) is 7.11 Å². The largest absolute Gasteiger partial charge is 0.553 e. The second-order valence-corrected chi connectivity index (χ2v) is 3.57. The van der Waals surface area contributed by atoms with Gasteiger partial charge in [-0.3, -0.25) is 0 Å². The van der Waals surface area contributed by atoms with Crippen LogP contribution in [0.15, 0.2) is 22.3 Å². The van der Waals surface area contributed by atoms with Crippen LogP contribution in [0, 0.1) is 9.81 Å². The van der Waals surface area contributed by atoms with Gasteiger partial charge < -0.3 is 4.74 Å². The molecule has 0 unspecified atom stereocenters. The van der Waals surface area contributed by atoms with E-state index in [1.807, 2.05) is 13.8 Å². The van der Waals surface area contributed by atoms with Crippen LogP contribution in [0.3, 0.4) is 0 Å². The molecule has 0 bridgehead atoms. The lowest BCUT2D eigenvalue weighted by Gasteiger charge is -2.09. The number of nitrogens with zero attached hydrogens (tertiary/aromatic N) is 3. The second-order valence-electron chi connectivity index (χ2n) is 3.57. The van der Waals surface area contributed by atoms with Crippen LogP contribution in [0.25, 0.3) is 0 Å². The van der Waals surface area contributed by atoms with Crippen molar-refractivity contribution in [3.63, 3.8) is 0 Å². The highest BCUT2D eigenvalue weighted by atomic mass is 16.5. The predicted molar refractivity (Wildman–Crippen MR) is 61.9 cm³/mol. The Morgan fingerprint density at radius 2 is 1.94 bits per heavy atom. The zero-order valence-corrected chi connectivity index (χ0v) is 9.38. The monoisotopic (exact) mass is 221 g/mol. The molecule has 1 aromatic heterocycles. The maximum Gasteiger partial charge on any atom is 0.553 e. The van der Waals surface area contributed by atoms with Crippen LogP contribution in [-0.4, -0.2) is 19.1 Å². The Hall–Kier alpha value is -1.79. The zero-order chi connectivity index (χ0) is 12.1. The Bertz CT molecular complexity index is 390. The van der Waals surface area contributed by atoms with Gasteiger partial charge in [0.2, 0.25) is 5.88 Å². The van der Waals surface area contributed by atoms with E-state index in [1.54, 1.807) is 12.1 Å². The van der Waals surface area contributed by atoms with Gasteiger partial charge in [-0.1, -0.05) is 30.1 Å². The molecule has 0 fully saturated rings. The molecule has 84 valence electrons. The summed E-state index contributed by atoms with van der Waals surface area (Å²) in [7, 11) is 1.42. The SMILES string of the molecule is COc1nc(C(C)C)ccc1B(N=O)N=O. The smallest absolute Gasteiger partial charge is 0.481 e. The molecular weight excluding hydrogens is 209 g/mol. The van der Waals surface area contributed by atoms with Crippen molar-refractivity contribution >= 4 is 12.4 Å². The van der Waals surface area contributed by atoms with Crippen molar-refractivity contribution in [2.75, 3.05) is 7.11 Å². The summed E-state index contributed by atoms with van der Waals surface area (Å²) < 4.78 is 5.01. The van der Waals surface area contributed by atoms with Crippen molar-refractivity contribution in [2.45, 2.75) is 19.8 Å². The molecule has 1 rings (SSSR count). The van der Waals surface area contributed by atoms with Gasteiger partial charge in [-0.2, -0.15) is 9.81 Å². The van der Waals surface area contributed by atoms with E-state index < -0.39 is 6.98 Å². The van der Waals surface area contributed by atoms with E-state index in [0.717, 1.165) is 5.69 Å². The molecule has 0 saturated carbocycles. The first-order chi connectivity index (χ1) is 7.63. The topological polar surface area (TPSA) is 81.0 Å². The lowest BCUT2D eigenvalue weighted by atomic mass is 9.71. The molecular formula is C9H12BN3O3. The third-order valence-electron chi connectivity index (χ3n) is 2.17. The van der Waals surface area contributed by atoms with Crippen LogP contribution in [-0.2, 0) is 0 Å². The van der Waals surface area contributed by atoms with Crippen LogP contribution < -0.4 is 10.2 Å². The Balaban J connectivity index is 3.20. The van der Waals surface area contributed by atoms with E-state index in [9.17, 15) is 9.81 Å². The van der Waals surface area contributed by atoms with Crippen molar-refractivity contribution < 1.29 is 4.74 Å². The lowest BCUT2D eigenvalue weighted by molar-refractivity contribution is 0.399. The molecule has 0 aromatic carbocycles. The number of pyridine rings is 1. The average Bonchev–Trinajstić information content (AvgIpc) is 2.30. The molecule has 0 spiro atoms. The summed E-state index contributed by atoms with van der Waals surface area (Å²) in [6.07, 6.45) is 0. The maximum absolute atomic E-state index is 10.4. The highest BCUT2D eigenvalue weighted by molar-refractivity contribution is 6.70. The summed E-state index contributed by atoms with van der Waals surface area (Å²) in [6, 6.07) is 3.32. The molecule has 0 atom stereocenters. The van der Waals surface area contributed by atoms with Crippen LogP contribution >= 0.6 is 0 Å². The van der Waals surface area contributed by atoms with Crippen LogP contribution in [0.5, 0.6) is 5.88 Å². The predicted octanol–water partition coefficient (Wildman–Crippen LogP) is 1.44. The fourth-order valence-electron chi connectivity index (χ4n) is 1.28. The summed E-state index contributed by atoms with van der Waals surface area (Å²) in [4.78, 5) is 25.0. The zero-order valence-electron chi connectivity index (χ0n) is 9.38. The van der Waals surface area contributed by atoms with Crippen molar-refractivity contribution in [3.05, 3.63) is 27.6 Å². The molecule has 0 aliphatic rings. The van der Waals surface area contributed by atoms with E-state index in [-0.39, 0.29) is 17.3 Å². The summed E-state index contributed by atoms with van der Waals surface area (Å²) >= 11 is 0. The standard InChI is InChI=1S/C9H12BN3O3/c1-6(2)8-5-4-7(9(11-8)16-3)10(12-14)13-15/h4-6H,1-3H3. The van der Waals surface area contributed by atoms with Crippen LogP contribution in [0.2, 0.25) is 0 Å². The first-order valence-corrected chi connectivity index (χ1v) is 4.83. The van der Waals surface area contributed by atoms with Crippen LogP contribution in [0.4, 0.5) is 0 Å². The number of nitroso groups, excluding NO2 is 2. The Kier molecular flexibility index (Phi) is 4.10.